The van der Waals surface area contributed by atoms with Gasteiger partial charge in [0.05, 0.1) is 50.6 Å². The molecule has 2 amide bonds. The Morgan fingerprint density at radius 3 is 2.48 bits per heavy atom. The number of nitrogens with zero attached hydrogens (tertiary/aromatic N) is 1. The van der Waals surface area contributed by atoms with Crippen LogP contribution in [0.5, 0.6) is 5.88 Å². The summed E-state index contributed by atoms with van der Waals surface area (Å²) in [6.07, 6.45) is 2.22. The molecular weight excluding hydrogens is 354 g/mol. The minimum atomic E-state index is -1.14. The zero-order chi connectivity index (χ0) is 19.1. The molecule has 0 unspecified atom stereocenters. The summed E-state index contributed by atoms with van der Waals surface area (Å²) < 4.78 is 16.1. The number of carbonyl (C=O) groups is 2. The lowest BCUT2D eigenvalue weighted by atomic mass is 9.91. The van der Waals surface area contributed by atoms with E-state index in [1.165, 1.54) is 6.07 Å². The monoisotopic (exact) mass is 377 g/mol. The van der Waals surface area contributed by atoms with Gasteiger partial charge in [-0.1, -0.05) is 0 Å². The number of nitrogens with two attached hydrogens (primary N) is 1. The zero-order valence-electron chi connectivity index (χ0n) is 14.9. The number of carbonyl (C=O) groups excluding carboxylic acids is 2. The highest BCUT2D eigenvalue weighted by atomic mass is 16.5. The molecule has 0 aromatic carbocycles. The molecule has 0 bridgehead atoms. The van der Waals surface area contributed by atoms with E-state index in [-0.39, 0.29) is 44.4 Å². The fourth-order valence-corrected chi connectivity index (χ4v) is 3.17. The topological polar surface area (TPSA) is 133 Å². The first-order chi connectivity index (χ1) is 12.9. The van der Waals surface area contributed by atoms with Crippen molar-refractivity contribution in [1.29, 1.82) is 0 Å². The van der Waals surface area contributed by atoms with Crippen LogP contribution in [-0.4, -0.2) is 60.5 Å². The molecule has 9 heteroatoms. The van der Waals surface area contributed by atoms with Gasteiger partial charge in [-0.25, -0.2) is 4.98 Å². The Kier molecular flexibility index (Phi) is 4.53. The summed E-state index contributed by atoms with van der Waals surface area (Å²) in [5.74, 6) is -0.216. The molecule has 4 rings (SSSR count). The van der Waals surface area contributed by atoms with E-state index in [4.69, 9.17) is 19.9 Å². The summed E-state index contributed by atoms with van der Waals surface area (Å²) in [5, 5.41) is 13.4. The van der Waals surface area contributed by atoms with Gasteiger partial charge < -0.3 is 30.4 Å². The lowest BCUT2D eigenvalue weighted by Crippen LogP contribution is -2.63. The summed E-state index contributed by atoms with van der Waals surface area (Å²) in [4.78, 5) is 28.3. The fraction of sp³-hybridized carbons (Fsp3) is 0.611. The van der Waals surface area contributed by atoms with Crippen LogP contribution < -0.4 is 15.8 Å². The van der Waals surface area contributed by atoms with Crippen molar-refractivity contribution in [3.05, 3.63) is 23.4 Å². The van der Waals surface area contributed by atoms with Gasteiger partial charge in [-0.3, -0.25) is 9.59 Å². The molecule has 2 saturated heterocycles. The van der Waals surface area contributed by atoms with Crippen molar-refractivity contribution in [2.75, 3.05) is 33.0 Å². The summed E-state index contributed by atoms with van der Waals surface area (Å²) in [7, 11) is 0. The third-order valence-electron chi connectivity index (χ3n) is 5.08. The Balaban J connectivity index is 1.53. The number of aromatic nitrogens is 1. The van der Waals surface area contributed by atoms with E-state index >= 15 is 0 Å². The first-order valence-electron chi connectivity index (χ1n) is 9.02. The van der Waals surface area contributed by atoms with E-state index in [0.29, 0.717) is 18.1 Å². The van der Waals surface area contributed by atoms with Gasteiger partial charge in [0.1, 0.15) is 11.3 Å². The van der Waals surface area contributed by atoms with Gasteiger partial charge in [0.2, 0.25) is 11.8 Å². The van der Waals surface area contributed by atoms with E-state index in [2.05, 4.69) is 10.3 Å². The maximum atomic E-state index is 12.7. The Labute approximate surface area is 156 Å². The number of aliphatic hydroxyl groups is 1. The number of hydrogen-bond donors (Lipinski definition) is 3. The van der Waals surface area contributed by atoms with Crippen molar-refractivity contribution in [2.24, 2.45) is 11.7 Å². The van der Waals surface area contributed by atoms with Gasteiger partial charge in [-0.2, -0.15) is 0 Å². The second-order valence-corrected chi connectivity index (χ2v) is 7.70. The van der Waals surface area contributed by atoms with E-state index in [0.717, 1.165) is 12.8 Å². The van der Waals surface area contributed by atoms with Crippen LogP contribution >= 0.6 is 0 Å². The van der Waals surface area contributed by atoms with Crippen molar-refractivity contribution in [1.82, 2.24) is 10.3 Å². The third-order valence-corrected chi connectivity index (χ3v) is 5.08. The van der Waals surface area contributed by atoms with Crippen LogP contribution in [0.3, 0.4) is 0 Å². The van der Waals surface area contributed by atoms with Crippen molar-refractivity contribution >= 4 is 11.8 Å². The van der Waals surface area contributed by atoms with E-state index < -0.39 is 23.0 Å². The molecular formula is C18H23N3O6. The van der Waals surface area contributed by atoms with Crippen LogP contribution in [0, 0.1) is 5.92 Å². The van der Waals surface area contributed by atoms with Crippen LogP contribution in [0.15, 0.2) is 12.1 Å². The second-order valence-electron chi connectivity index (χ2n) is 7.70. The molecule has 0 spiro atoms. The molecule has 3 aliphatic rings. The maximum absolute atomic E-state index is 12.7. The van der Waals surface area contributed by atoms with Crippen LogP contribution in [0.4, 0.5) is 0 Å². The van der Waals surface area contributed by atoms with Gasteiger partial charge in [-0.15, -0.1) is 0 Å². The average molecular weight is 377 g/mol. The van der Waals surface area contributed by atoms with E-state index in [1.54, 1.807) is 6.07 Å². The first-order valence-corrected chi connectivity index (χ1v) is 9.02. The maximum Gasteiger partial charge on any atom is 0.270 e. The second kappa shape index (κ2) is 6.74. The zero-order valence-corrected chi connectivity index (χ0v) is 14.9. The molecule has 9 nitrogen and oxygen atoms in total. The minimum Gasteiger partial charge on any atom is -0.477 e. The predicted molar refractivity (Wildman–Crippen MR) is 92.0 cm³/mol. The van der Waals surface area contributed by atoms with Crippen molar-refractivity contribution < 1.29 is 28.9 Å². The molecule has 1 aliphatic carbocycles. The van der Waals surface area contributed by atoms with Crippen LogP contribution in [0.2, 0.25) is 0 Å². The Hall–Kier alpha value is -2.23. The third kappa shape index (κ3) is 3.76. The smallest absolute Gasteiger partial charge is 0.270 e. The Morgan fingerprint density at radius 1 is 1.26 bits per heavy atom. The van der Waals surface area contributed by atoms with Crippen molar-refractivity contribution in [3.63, 3.8) is 0 Å². The lowest BCUT2D eigenvalue weighted by molar-refractivity contribution is -0.185. The van der Waals surface area contributed by atoms with Gasteiger partial charge in [0.25, 0.3) is 5.91 Å². The molecule has 146 valence electrons. The summed E-state index contributed by atoms with van der Waals surface area (Å²) in [6.45, 7) is 1.28. The first kappa shape index (κ1) is 18.1. The number of pyridine rings is 1. The Bertz CT molecular complexity index is 755. The predicted octanol–water partition coefficient (Wildman–Crippen LogP) is -0.538. The number of nitrogens with one attached hydrogen (secondary N) is 1. The molecule has 1 saturated carbocycles. The molecule has 3 fully saturated rings. The van der Waals surface area contributed by atoms with Crippen molar-refractivity contribution in [2.45, 2.75) is 30.4 Å². The summed E-state index contributed by atoms with van der Waals surface area (Å²) >= 11 is 0. The minimum absolute atomic E-state index is 0.00104. The van der Waals surface area contributed by atoms with E-state index in [9.17, 15) is 14.7 Å². The SMILES string of the molecule is NC(=O)CC1(NC(=O)c2ccc(C3(O)COC3)c(OCC3CC3)n2)COC1. The largest absolute Gasteiger partial charge is 0.477 e. The molecule has 27 heavy (non-hydrogen) atoms. The van der Waals surface area contributed by atoms with Crippen LogP contribution in [0.1, 0.15) is 35.3 Å². The fourth-order valence-electron chi connectivity index (χ4n) is 3.17. The highest BCUT2D eigenvalue weighted by Gasteiger charge is 2.43. The molecule has 0 atom stereocenters. The van der Waals surface area contributed by atoms with Crippen molar-refractivity contribution in [3.8, 4) is 5.88 Å². The standard InChI is InChI=1S/C18H23N3O6/c19-14(22)5-17(7-25-8-17)21-15(23)13-4-3-12(18(24)9-26-10-18)16(20-13)27-6-11-1-2-11/h3-4,11,24H,1-2,5-10H2,(H2,19,22)(H,21,23). The average Bonchev–Trinajstić information content (AvgIpc) is 3.39. The molecule has 4 N–H and O–H groups in total. The summed E-state index contributed by atoms with van der Waals surface area (Å²) in [6, 6.07) is 3.17. The van der Waals surface area contributed by atoms with Crippen LogP contribution in [0.25, 0.3) is 0 Å². The van der Waals surface area contributed by atoms with Gasteiger partial charge in [0, 0.05) is 0 Å². The molecule has 1 aromatic rings. The number of ether oxygens (including phenoxy) is 3. The van der Waals surface area contributed by atoms with Crippen LogP contribution in [-0.2, 0) is 19.9 Å². The highest BCUT2D eigenvalue weighted by molar-refractivity contribution is 5.93. The van der Waals surface area contributed by atoms with E-state index in [1.807, 2.05) is 0 Å². The van der Waals surface area contributed by atoms with Gasteiger partial charge >= 0.3 is 0 Å². The summed E-state index contributed by atoms with van der Waals surface area (Å²) in [5.41, 5.74) is 3.99. The Morgan fingerprint density at radius 2 is 1.96 bits per heavy atom. The lowest BCUT2D eigenvalue weighted by Gasteiger charge is -2.41. The molecule has 3 heterocycles. The number of hydrogen-bond acceptors (Lipinski definition) is 7. The number of primary amides is 1. The molecule has 1 aromatic heterocycles. The quantitative estimate of drug-likeness (QED) is 0.554. The molecule has 0 radical (unpaired) electrons. The number of amides is 2. The molecule has 2 aliphatic heterocycles. The van der Waals surface area contributed by atoms with Gasteiger partial charge in [0.15, 0.2) is 0 Å². The van der Waals surface area contributed by atoms with Gasteiger partial charge in [-0.05, 0) is 30.9 Å². The number of rotatable bonds is 8. The normalized spacial score (nSPS) is 22.3. The highest BCUT2D eigenvalue weighted by Crippen LogP contribution is 2.36.